The van der Waals surface area contributed by atoms with Crippen LogP contribution in [0.4, 0.5) is 0 Å². The fraction of sp³-hybridized carbons (Fsp3) is 0.421. The van der Waals surface area contributed by atoms with E-state index in [1.54, 1.807) is 11.3 Å². The monoisotopic (exact) mass is 330 g/mol. The Kier molecular flexibility index (Phi) is 6.81. The molecule has 0 radical (unpaired) electrons. The molecule has 0 aliphatic carbocycles. The van der Waals surface area contributed by atoms with Crippen molar-refractivity contribution in [1.82, 2.24) is 10.2 Å². The van der Waals surface area contributed by atoms with Crippen LogP contribution in [-0.2, 0) is 17.6 Å². The lowest BCUT2D eigenvalue weighted by molar-refractivity contribution is -0.121. The van der Waals surface area contributed by atoms with Gasteiger partial charge in [-0.05, 0) is 49.5 Å². The zero-order chi connectivity index (χ0) is 16.7. The van der Waals surface area contributed by atoms with E-state index >= 15 is 0 Å². The van der Waals surface area contributed by atoms with E-state index in [0.717, 1.165) is 12.8 Å². The fourth-order valence-electron chi connectivity index (χ4n) is 2.52. The molecule has 1 aromatic heterocycles. The first kappa shape index (κ1) is 17.7. The first-order valence-corrected chi connectivity index (χ1v) is 9.02. The highest BCUT2D eigenvalue weighted by Crippen LogP contribution is 2.22. The van der Waals surface area contributed by atoms with Gasteiger partial charge in [0.2, 0.25) is 5.91 Å². The molecule has 1 N–H and O–H groups in total. The Bertz CT molecular complexity index is 590. The topological polar surface area (TPSA) is 32.3 Å². The molecule has 1 aromatic carbocycles. The Labute approximate surface area is 143 Å². The molecule has 0 fully saturated rings. The summed E-state index contributed by atoms with van der Waals surface area (Å²) in [5, 5.41) is 5.15. The van der Waals surface area contributed by atoms with Crippen LogP contribution in [0.25, 0.3) is 0 Å². The Balaban J connectivity index is 1.79. The molecular weight excluding hydrogens is 304 g/mol. The number of benzene rings is 1. The second kappa shape index (κ2) is 8.85. The largest absolute Gasteiger partial charge is 0.354 e. The van der Waals surface area contributed by atoms with E-state index in [1.807, 2.05) is 14.1 Å². The molecule has 1 unspecified atom stereocenters. The molecule has 3 nitrogen and oxygen atoms in total. The van der Waals surface area contributed by atoms with Crippen molar-refractivity contribution in [3.63, 3.8) is 0 Å². The van der Waals surface area contributed by atoms with Gasteiger partial charge in [0.15, 0.2) is 0 Å². The first-order chi connectivity index (χ1) is 11.1. The SMILES string of the molecule is CCc1ccc(CCC(=O)NCC(c2cccs2)N(C)C)cc1. The third-order valence-corrected chi connectivity index (χ3v) is 5.03. The summed E-state index contributed by atoms with van der Waals surface area (Å²) in [6.45, 7) is 2.80. The van der Waals surface area contributed by atoms with Crippen molar-refractivity contribution in [2.75, 3.05) is 20.6 Å². The maximum Gasteiger partial charge on any atom is 0.220 e. The first-order valence-electron chi connectivity index (χ1n) is 8.14. The Morgan fingerprint density at radius 3 is 2.43 bits per heavy atom. The summed E-state index contributed by atoms with van der Waals surface area (Å²) in [7, 11) is 4.09. The van der Waals surface area contributed by atoms with Gasteiger partial charge in [-0.3, -0.25) is 4.79 Å². The third kappa shape index (κ3) is 5.48. The van der Waals surface area contributed by atoms with Crippen LogP contribution in [0.15, 0.2) is 41.8 Å². The molecule has 4 heteroatoms. The van der Waals surface area contributed by atoms with Gasteiger partial charge in [-0.25, -0.2) is 0 Å². The smallest absolute Gasteiger partial charge is 0.220 e. The molecule has 0 saturated carbocycles. The lowest BCUT2D eigenvalue weighted by Crippen LogP contribution is -2.34. The van der Waals surface area contributed by atoms with Gasteiger partial charge in [0.25, 0.3) is 0 Å². The molecule has 2 rings (SSSR count). The standard InChI is InChI=1S/C19H26N2OS/c1-4-15-7-9-16(10-8-15)11-12-19(22)20-14-17(21(2)3)18-6-5-13-23-18/h5-10,13,17H,4,11-12,14H2,1-3H3,(H,20,22). The van der Waals surface area contributed by atoms with E-state index in [4.69, 9.17) is 0 Å². The van der Waals surface area contributed by atoms with E-state index in [1.165, 1.54) is 16.0 Å². The highest BCUT2D eigenvalue weighted by molar-refractivity contribution is 7.10. The third-order valence-electron chi connectivity index (χ3n) is 4.06. The van der Waals surface area contributed by atoms with E-state index in [9.17, 15) is 4.79 Å². The van der Waals surface area contributed by atoms with Gasteiger partial charge < -0.3 is 10.2 Å². The number of carbonyl (C=O) groups is 1. The minimum absolute atomic E-state index is 0.118. The molecule has 1 heterocycles. The van der Waals surface area contributed by atoms with E-state index in [-0.39, 0.29) is 11.9 Å². The van der Waals surface area contributed by atoms with Crippen LogP contribution in [0, 0.1) is 0 Å². The lowest BCUT2D eigenvalue weighted by Gasteiger charge is -2.23. The van der Waals surface area contributed by atoms with Crippen molar-refractivity contribution in [1.29, 1.82) is 0 Å². The predicted octanol–water partition coefficient (Wildman–Crippen LogP) is 3.66. The summed E-state index contributed by atoms with van der Waals surface area (Å²) >= 11 is 1.73. The molecule has 23 heavy (non-hydrogen) atoms. The number of nitrogens with one attached hydrogen (secondary N) is 1. The maximum absolute atomic E-state index is 12.1. The second-order valence-corrected chi connectivity index (χ2v) is 6.95. The van der Waals surface area contributed by atoms with Gasteiger partial charge in [-0.15, -0.1) is 11.3 Å². The quantitative estimate of drug-likeness (QED) is 0.801. The highest BCUT2D eigenvalue weighted by Gasteiger charge is 2.16. The van der Waals surface area contributed by atoms with Crippen LogP contribution in [0.2, 0.25) is 0 Å². The minimum Gasteiger partial charge on any atom is -0.354 e. The van der Waals surface area contributed by atoms with Gasteiger partial charge in [0, 0.05) is 17.8 Å². The lowest BCUT2D eigenvalue weighted by atomic mass is 10.1. The number of nitrogens with zero attached hydrogens (tertiary/aromatic N) is 1. The number of hydrogen-bond donors (Lipinski definition) is 1. The van der Waals surface area contributed by atoms with E-state index in [2.05, 4.69) is 58.9 Å². The summed E-state index contributed by atoms with van der Waals surface area (Å²) < 4.78 is 0. The zero-order valence-electron chi connectivity index (χ0n) is 14.2. The molecule has 124 valence electrons. The van der Waals surface area contributed by atoms with E-state index in [0.29, 0.717) is 13.0 Å². The van der Waals surface area contributed by atoms with Crippen LogP contribution in [0.1, 0.15) is 35.4 Å². The number of rotatable bonds is 8. The fourth-order valence-corrected chi connectivity index (χ4v) is 3.44. The van der Waals surface area contributed by atoms with Crippen molar-refractivity contribution >= 4 is 17.2 Å². The molecular formula is C19H26N2OS. The molecule has 0 spiro atoms. The van der Waals surface area contributed by atoms with Crippen molar-refractivity contribution in [3.05, 3.63) is 57.8 Å². The molecule has 0 aliphatic heterocycles. The van der Waals surface area contributed by atoms with Crippen LogP contribution in [0.3, 0.4) is 0 Å². The Morgan fingerprint density at radius 1 is 1.17 bits per heavy atom. The number of thiophene rings is 1. The van der Waals surface area contributed by atoms with Crippen molar-refractivity contribution < 1.29 is 4.79 Å². The summed E-state index contributed by atoms with van der Waals surface area (Å²) in [6.07, 6.45) is 2.38. The summed E-state index contributed by atoms with van der Waals surface area (Å²) in [5.41, 5.74) is 2.56. The van der Waals surface area contributed by atoms with Crippen molar-refractivity contribution in [3.8, 4) is 0 Å². The van der Waals surface area contributed by atoms with E-state index < -0.39 is 0 Å². The number of aryl methyl sites for hydroxylation is 2. The second-order valence-electron chi connectivity index (χ2n) is 5.97. The van der Waals surface area contributed by atoms with Gasteiger partial charge in [0.05, 0.1) is 6.04 Å². The van der Waals surface area contributed by atoms with Gasteiger partial charge in [0.1, 0.15) is 0 Å². The molecule has 1 amide bonds. The molecule has 0 bridgehead atoms. The number of amides is 1. The summed E-state index contributed by atoms with van der Waals surface area (Å²) in [4.78, 5) is 15.5. The van der Waals surface area contributed by atoms with Gasteiger partial charge >= 0.3 is 0 Å². The predicted molar refractivity (Wildman–Crippen MR) is 97.9 cm³/mol. The molecule has 0 aliphatic rings. The average Bonchev–Trinajstić information content (AvgIpc) is 3.07. The minimum atomic E-state index is 0.118. The molecule has 1 atom stereocenters. The number of hydrogen-bond acceptors (Lipinski definition) is 3. The van der Waals surface area contributed by atoms with Crippen LogP contribution in [-0.4, -0.2) is 31.4 Å². The van der Waals surface area contributed by atoms with Gasteiger partial charge in [-0.1, -0.05) is 37.3 Å². The number of likely N-dealkylation sites (N-methyl/N-ethyl adjacent to an activating group) is 1. The van der Waals surface area contributed by atoms with Gasteiger partial charge in [-0.2, -0.15) is 0 Å². The van der Waals surface area contributed by atoms with Crippen LogP contribution < -0.4 is 5.32 Å². The van der Waals surface area contributed by atoms with Crippen LogP contribution >= 0.6 is 11.3 Å². The Morgan fingerprint density at radius 2 is 1.87 bits per heavy atom. The highest BCUT2D eigenvalue weighted by atomic mass is 32.1. The summed E-state index contributed by atoms with van der Waals surface area (Å²) in [6, 6.07) is 13.0. The Hall–Kier alpha value is -1.65. The zero-order valence-corrected chi connectivity index (χ0v) is 15.0. The van der Waals surface area contributed by atoms with Crippen LogP contribution in [0.5, 0.6) is 0 Å². The average molecular weight is 330 g/mol. The molecule has 0 saturated heterocycles. The summed E-state index contributed by atoms with van der Waals surface area (Å²) in [5.74, 6) is 0.118. The maximum atomic E-state index is 12.1. The van der Waals surface area contributed by atoms with Crippen molar-refractivity contribution in [2.45, 2.75) is 32.2 Å². The van der Waals surface area contributed by atoms with Crippen molar-refractivity contribution in [2.24, 2.45) is 0 Å². The number of carbonyl (C=O) groups excluding carboxylic acids is 1. The molecule has 2 aromatic rings. The normalized spacial score (nSPS) is 12.3.